The first-order valence-electron chi connectivity index (χ1n) is 11.7. The SMILES string of the molecule is CN(C)CCOC(=O)COc1ccc(Cl)cc1.Cc1cc(=O)c2c(O)c3c(cc2o1)OCC(C)CC3.Cl. The highest BCUT2D eigenvalue weighted by Crippen LogP contribution is 2.38. The number of carbonyl (C=O) groups is 1. The first kappa shape index (κ1) is 30.3. The summed E-state index contributed by atoms with van der Waals surface area (Å²) in [5.74, 6) is 1.82. The van der Waals surface area contributed by atoms with Gasteiger partial charge in [-0.1, -0.05) is 18.5 Å². The third-order valence-corrected chi connectivity index (χ3v) is 5.81. The summed E-state index contributed by atoms with van der Waals surface area (Å²) >= 11 is 5.72. The summed E-state index contributed by atoms with van der Waals surface area (Å²) in [6.07, 6.45) is 1.65. The molecule has 0 aliphatic carbocycles. The van der Waals surface area contributed by atoms with Crippen LogP contribution >= 0.6 is 24.0 Å². The van der Waals surface area contributed by atoms with Crippen LogP contribution in [0.25, 0.3) is 11.0 Å². The van der Waals surface area contributed by atoms with Crippen LogP contribution in [0.2, 0.25) is 5.02 Å². The molecule has 3 aromatic rings. The van der Waals surface area contributed by atoms with Gasteiger partial charge in [-0.3, -0.25) is 4.79 Å². The van der Waals surface area contributed by atoms with Gasteiger partial charge in [0.15, 0.2) is 12.0 Å². The van der Waals surface area contributed by atoms with Crippen molar-refractivity contribution in [1.82, 2.24) is 4.90 Å². The molecule has 8 nitrogen and oxygen atoms in total. The Kier molecular flexibility index (Phi) is 11.6. The molecule has 1 aliphatic heterocycles. The zero-order chi connectivity index (χ0) is 26.2. The maximum Gasteiger partial charge on any atom is 0.344 e. The molecule has 1 atom stereocenters. The number of hydrogen-bond donors (Lipinski definition) is 1. The number of phenols is 1. The summed E-state index contributed by atoms with van der Waals surface area (Å²) in [6.45, 7) is 5.42. The van der Waals surface area contributed by atoms with Crippen molar-refractivity contribution in [3.05, 3.63) is 63.0 Å². The van der Waals surface area contributed by atoms with E-state index in [2.05, 4.69) is 6.92 Å². The Morgan fingerprint density at radius 2 is 1.92 bits per heavy atom. The lowest BCUT2D eigenvalue weighted by molar-refractivity contribution is -0.146. The molecule has 202 valence electrons. The molecule has 0 radical (unpaired) electrons. The number of rotatable bonds is 6. The lowest BCUT2D eigenvalue weighted by atomic mass is 10.00. The molecular formula is C27H33Cl2NO7. The van der Waals surface area contributed by atoms with E-state index in [4.69, 9.17) is 30.2 Å². The Balaban J connectivity index is 0.000000255. The van der Waals surface area contributed by atoms with Crippen LogP contribution in [0.15, 0.2) is 45.6 Å². The van der Waals surface area contributed by atoms with Gasteiger partial charge in [0, 0.05) is 29.3 Å². The minimum atomic E-state index is -0.373. The van der Waals surface area contributed by atoms with Crippen molar-refractivity contribution in [1.29, 1.82) is 0 Å². The zero-order valence-corrected chi connectivity index (χ0v) is 23.0. The molecule has 0 saturated heterocycles. The van der Waals surface area contributed by atoms with Gasteiger partial charge >= 0.3 is 5.97 Å². The summed E-state index contributed by atoms with van der Waals surface area (Å²) in [5, 5.41) is 11.2. The molecule has 37 heavy (non-hydrogen) atoms. The summed E-state index contributed by atoms with van der Waals surface area (Å²) in [6, 6.07) is 9.93. The van der Waals surface area contributed by atoms with Gasteiger partial charge in [0.05, 0.1) is 6.61 Å². The first-order valence-corrected chi connectivity index (χ1v) is 12.1. The second-order valence-electron chi connectivity index (χ2n) is 9.02. The maximum atomic E-state index is 12.0. The normalized spacial score (nSPS) is 14.4. The molecule has 10 heteroatoms. The van der Waals surface area contributed by atoms with Gasteiger partial charge in [-0.2, -0.15) is 0 Å². The minimum absolute atomic E-state index is 0. The number of fused-ring (bicyclic) bond motifs is 2. The number of carbonyl (C=O) groups excluding carboxylic acids is 1. The van der Waals surface area contributed by atoms with Crippen molar-refractivity contribution in [2.45, 2.75) is 26.7 Å². The highest BCUT2D eigenvalue weighted by molar-refractivity contribution is 6.30. The summed E-state index contributed by atoms with van der Waals surface area (Å²) in [7, 11) is 3.83. The van der Waals surface area contributed by atoms with Crippen molar-refractivity contribution in [2.24, 2.45) is 5.92 Å². The lowest BCUT2D eigenvalue weighted by Crippen LogP contribution is -2.22. The van der Waals surface area contributed by atoms with E-state index < -0.39 is 0 Å². The topological polar surface area (TPSA) is 98.4 Å². The van der Waals surface area contributed by atoms with Crippen molar-refractivity contribution in [3.8, 4) is 17.2 Å². The van der Waals surface area contributed by atoms with Crippen molar-refractivity contribution >= 4 is 40.9 Å². The number of esters is 1. The first-order chi connectivity index (χ1) is 17.1. The Labute approximate surface area is 227 Å². The standard InChI is InChI=1S/C15H16O4.C12H16ClNO3.ClH/c1-8-3-4-10-12(18-7-8)6-13-14(15(10)17)11(16)5-9(2)19-13;1-14(2)7-8-16-12(15)9-17-11-5-3-10(13)4-6-11;/h5-6,8,17H,3-4,7H2,1-2H3;3-6H,7-9H2,1-2H3;1H. The maximum absolute atomic E-state index is 12.0. The van der Waals surface area contributed by atoms with Gasteiger partial charge < -0.3 is 28.6 Å². The van der Waals surface area contributed by atoms with Gasteiger partial charge in [-0.05, 0) is 64.0 Å². The fourth-order valence-electron chi connectivity index (χ4n) is 3.57. The summed E-state index contributed by atoms with van der Waals surface area (Å²) in [4.78, 5) is 25.2. The summed E-state index contributed by atoms with van der Waals surface area (Å²) in [5.41, 5.74) is 0.889. The number of aromatic hydroxyl groups is 1. The Morgan fingerprint density at radius 1 is 1.22 bits per heavy atom. The van der Waals surface area contributed by atoms with Crippen LogP contribution < -0.4 is 14.9 Å². The van der Waals surface area contributed by atoms with Crippen LogP contribution in [0, 0.1) is 12.8 Å². The number of aryl methyl sites for hydroxylation is 1. The summed E-state index contributed by atoms with van der Waals surface area (Å²) < 4.78 is 21.4. The zero-order valence-electron chi connectivity index (χ0n) is 21.4. The van der Waals surface area contributed by atoms with Gasteiger partial charge in [0.25, 0.3) is 0 Å². The van der Waals surface area contributed by atoms with Crippen LogP contribution in [0.3, 0.4) is 0 Å². The molecule has 1 aromatic heterocycles. The smallest absolute Gasteiger partial charge is 0.344 e. The molecule has 0 bridgehead atoms. The van der Waals surface area contributed by atoms with Gasteiger partial charge in [-0.25, -0.2) is 4.79 Å². The number of halogens is 2. The van der Waals surface area contributed by atoms with Crippen LogP contribution in [0.1, 0.15) is 24.7 Å². The molecule has 0 amide bonds. The van der Waals surface area contributed by atoms with E-state index in [0.717, 1.165) is 6.42 Å². The average molecular weight is 554 g/mol. The molecule has 2 heterocycles. The molecule has 1 aliphatic rings. The van der Waals surface area contributed by atoms with Crippen LogP contribution in [-0.4, -0.2) is 56.4 Å². The fraction of sp³-hybridized carbons (Fsp3) is 0.407. The third-order valence-electron chi connectivity index (χ3n) is 5.56. The number of benzene rings is 2. The van der Waals surface area contributed by atoms with E-state index in [1.165, 1.54) is 6.07 Å². The largest absolute Gasteiger partial charge is 0.507 e. The number of nitrogens with zero attached hydrogens (tertiary/aromatic N) is 1. The lowest BCUT2D eigenvalue weighted by Gasteiger charge is -2.11. The highest BCUT2D eigenvalue weighted by Gasteiger charge is 2.21. The van der Waals surface area contributed by atoms with Crippen molar-refractivity contribution in [3.63, 3.8) is 0 Å². The van der Waals surface area contributed by atoms with Gasteiger partial charge in [-0.15, -0.1) is 12.4 Å². The molecule has 1 unspecified atom stereocenters. The molecule has 2 aromatic carbocycles. The van der Waals surface area contributed by atoms with Crippen LogP contribution in [-0.2, 0) is 16.0 Å². The quantitative estimate of drug-likeness (QED) is 0.425. The third kappa shape index (κ3) is 8.84. The fourth-order valence-corrected chi connectivity index (χ4v) is 3.70. The van der Waals surface area contributed by atoms with E-state index in [0.29, 0.717) is 65.5 Å². The van der Waals surface area contributed by atoms with E-state index in [1.807, 2.05) is 19.0 Å². The highest BCUT2D eigenvalue weighted by atomic mass is 35.5. The number of hydrogen-bond acceptors (Lipinski definition) is 8. The van der Waals surface area contributed by atoms with E-state index in [9.17, 15) is 14.7 Å². The Hall–Kier alpha value is -2.94. The van der Waals surface area contributed by atoms with Crippen LogP contribution in [0.4, 0.5) is 0 Å². The molecule has 0 fully saturated rings. The molecule has 0 saturated carbocycles. The number of likely N-dealkylation sites (N-methyl/N-ethyl adjacent to an activating group) is 1. The van der Waals surface area contributed by atoms with E-state index >= 15 is 0 Å². The predicted octanol–water partition coefficient (Wildman–Crippen LogP) is 5.01. The monoisotopic (exact) mass is 553 g/mol. The molecule has 1 N–H and O–H groups in total. The van der Waals surface area contributed by atoms with Crippen molar-refractivity contribution < 1.29 is 28.5 Å². The van der Waals surface area contributed by atoms with Gasteiger partial charge in [0.2, 0.25) is 0 Å². The molecule has 0 spiro atoms. The minimum Gasteiger partial charge on any atom is -0.507 e. The second kappa shape index (κ2) is 14.1. The second-order valence-corrected chi connectivity index (χ2v) is 9.45. The van der Waals surface area contributed by atoms with E-state index in [-0.39, 0.29) is 41.5 Å². The average Bonchev–Trinajstić information content (AvgIpc) is 3.00. The Bertz CT molecular complexity index is 1240. The number of ether oxygens (including phenoxy) is 3. The van der Waals surface area contributed by atoms with Crippen LogP contribution in [0.5, 0.6) is 17.2 Å². The Morgan fingerprint density at radius 3 is 2.59 bits per heavy atom. The van der Waals surface area contributed by atoms with Crippen molar-refractivity contribution in [2.75, 3.05) is 40.5 Å². The van der Waals surface area contributed by atoms with Gasteiger partial charge in [0.1, 0.15) is 40.6 Å². The van der Waals surface area contributed by atoms with E-state index in [1.54, 1.807) is 37.3 Å². The molecule has 4 rings (SSSR count). The number of phenolic OH excluding ortho intramolecular Hbond substituents is 1. The molecular weight excluding hydrogens is 521 g/mol. The predicted molar refractivity (Wildman–Crippen MR) is 146 cm³/mol.